The highest BCUT2D eigenvalue weighted by Gasteiger charge is 2.33. The zero-order valence-electron chi connectivity index (χ0n) is 11.6. The van der Waals surface area contributed by atoms with E-state index in [0.717, 1.165) is 12.0 Å². The van der Waals surface area contributed by atoms with Crippen LogP contribution in [0, 0.1) is 0 Å². The van der Waals surface area contributed by atoms with E-state index in [-0.39, 0.29) is 18.0 Å². The second-order valence-corrected chi connectivity index (χ2v) is 4.80. The number of benzene rings is 1. The maximum atomic E-state index is 12.2. The molecule has 1 unspecified atom stereocenters. The maximum Gasteiger partial charge on any atom is 0.322 e. The first kappa shape index (κ1) is 14.3. The third kappa shape index (κ3) is 3.08. The molecule has 0 aromatic heterocycles. The Morgan fingerprint density at radius 2 is 2.25 bits per heavy atom. The first-order chi connectivity index (χ1) is 9.65. The van der Waals surface area contributed by atoms with Gasteiger partial charge >= 0.3 is 6.03 Å². The highest BCUT2D eigenvalue weighted by Crippen LogP contribution is 2.19. The summed E-state index contributed by atoms with van der Waals surface area (Å²) in [6, 6.07) is 6.77. The van der Waals surface area contributed by atoms with Crippen LogP contribution in [0.2, 0.25) is 0 Å². The number of rotatable bonds is 3. The van der Waals surface area contributed by atoms with Gasteiger partial charge in [-0.1, -0.05) is 12.1 Å². The average Bonchev–Trinajstić information content (AvgIpc) is 2.96. The normalized spacial score (nSPS) is 17.9. The molecule has 6 heteroatoms. The third-order valence-corrected chi connectivity index (χ3v) is 3.48. The van der Waals surface area contributed by atoms with Crippen molar-refractivity contribution in [2.75, 3.05) is 18.9 Å². The summed E-state index contributed by atoms with van der Waals surface area (Å²) < 4.78 is 0. The lowest BCUT2D eigenvalue weighted by atomic mass is 10.2. The number of nitrogens with two attached hydrogens (primary N) is 1. The van der Waals surface area contributed by atoms with Crippen LogP contribution < -0.4 is 16.4 Å². The minimum atomic E-state index is -0.377. The molecule has 1 fully saturated rings. The molecule has 0 aliphatic carbocycles. The van der Waals surface area contributed by atoms with Crippen molar-refractivity contribution in [1.29, 1.82) is 0 Å². The summed E-state index contributed by atoms with van der Waals surface area (Å²) >= 11 is 0. The number of likely N-dealkylation sites (tertiary alicyclic amines) is 1. The van der Waals surface area contributed by atoms with Gasteiger partial charge in [0, 0.05) is 25.8 Å². The Morgan fingerprint density at radius 1 is 1.45 bits per heavy atom. The Kier molecular flexibility index (Phi) is 4.57. The van der Waals surface area contributed by atoms with Crippen LogP contribution in [0.1, 0.15) is 18.4 Å². The molecule has 2 rings (SSSR count). The Labute approximate surface area is 118 Å². The summed E-state index contributed by atoms with van der Waals surface area (Å²) in [6.45, 7) is 1.02. The Bertz CT molecular complexity index is 504. The van der Waals surface area contributed by atoms with E-state index in [1.807, 2.05) is 24.3 Å². The highest BCUT2D eigenvalue weighted by molar-refractivity contribution is 5.94. The van der Waals surface area contributed by atoms with Gasteiger partial charge in [0.15, 0.2) is 0 Å². The number of hydrogen-bond donors (Lipinski definition) is 3. The Hall–Kier alpha value is -2.08. The second kappa shape index (κ2) is 6.38. The molecule has 3 amide bonds. The number of carbonyl (C=O) groups is 2. The summed E-state index contributed by atoms with van der Waals surface area (Å²) in [6.07, 6.45) is 1.55. The number of carbonyl (C=O) groups excluding carboxylic acids is 2. The molecule has 20 heavy (non-hydrogen) atoms. The van der Waals surface area contributed by atoms with Crippen LogP contribution in [0.3, 0.4) is 0 Å². The second-order valence-electron chi connectivity index (χ2n) is 4.80. The Morgan fingerprint density at radius 3 is 2.95 bits per heavy atom. The van der Waals surface area contributed by atoms with E-state index in [1.54, 1.807) is 11.9 Å². The van der Waals surface area contributed by atoms with Gasteiger partial charge in [-0.15, -0.1) is 0 Å². The van der Waals surface area contributed by atoms with Crippen molar-refractivity contribution in [3.63, 3.8) is 0 Å². The van der Waals surface area contributed by atoms with Gasteiger partial charge < -0.3 is 21.3 Å². The summed E-state index contributed by atoms with van der Waals surface area (Å²) in [5.74, 6) is -0.117. The molecule has 1 saturated heterocycles. The van der Waals surface area contributed by atoms with Crippen LogP contribution in [0.5, 0.6) is 0 Å². The maximum absolute atomic E-state index is 12.2. The number of urea groups is 1. The van der Waals surface area contributed by atoms with Crippen LogP contribution in [0.25, 0.3) is 0 Å². The molecule has 1 aliphatic rings. The van der Waals surface area contributed by atoms with Crippen LogP contribution >= 0.6 is 0 Å². The summed E-state index contributed by atoms with van der Waals surface area (Å²) in [5, 5.41) is 5.42. The lowest BCUT2D eigenvalue weighted by Gasteiger charge is -2.23. The molecule has 1 aliphatic heterocycles. The standard InChI is InChI=1S/C14H20N4O2/c1-16-13(19)12-6-3-7-18(12)14(20)17-11-5-2-4-10(8-11)9-15/h2,4-5,8,12H,3,6-7,9,15H2,1H3,(H,16,19)(H,17,20). The molecule has 0 radical (unpaired) electrons. The van der Waals surface area contributed by atoms with Crippen LogP contribution in [0.15, 0.2) is 24.3 Å². The molecular formula is C14H20N4O2. The molecule has 6 nitrogen and oxygen atoms in total. The van der Waals surface area contributed by atoms with Crippen molar-refractivity contribution >= 4 is 17.6 Å². The van der Waals surface area contributed by atoms with Gasteiger partial charge in [0.2, 0.25) is 5.91 Å². The van der Waals surface area contributed by atoms with Crippen molar-refractivity contribution in [2.24, 2.45) is 5.73 Å². The molecular weight excluding hydrogens is 256 g/mol. The molecule has 0 spiro atoms. The average molecular weight is 276 g/mol. The molecule has 1 atom stereocenters. The fraction of sp³-hybridized carbons (Fsp3) is 0.429. The number of likely N-dealkylation sites (N-methyl/N-ethyl adjacent to an activating group) is 1. The summed E-state index contributed by atoms with van der Waals surface area (Å²) in [5.41, 5.74) is 7.22. The number of amides is 3. The van der Waals surface area contributed by atoms with Crippen LogP contribution in [0.4, 0.5) is 10.5 Å². The number of anilines is 1. The number of nitrogens with one attached hydrogen (secondary N) is 2. The topological polar surface area (TPSA) is 87.5 Å². The Balaban J connectivity index is 2.05. The van der Waals surface area contributed by atoms with Crippen LogP contribution in [-0.2, 0) is 11.3 Å². The molecule has 0 saturated carbocycles. The fourth-order valence-electron chi connectivity index (χ4n) is 2.42. The largest absolute Gasteiger partial charge is 0.357 e. The first-order valence-corrected chi connectivity index (χ1v) is 6.74. The quantitative estimate of drug-likeness (QED) is 0.766. The van der Waals surface area contributed by atoms with Crippen LogP contribution in [-0.4, -0.2) is 36.5 Å². The SMILES string of the molecule is CNC(=O)C1CCCN1C(=O)Nc1cccc(CN)c1. The molecule has 0 bridgehead atoms. The minimum absolute atomic E-state index is 0.117. The zero-order chi connectivity index (χ0) is 14.5. The van der Waals surface area contributed by atoms with Gasteiger partial charge in [-0.05, 0) is 30.5 Å². The van der Waals surface area contributed by atoms with E-state index in [2.05, 4.69) is 10.6 Å². The summed E-state index contributed by atoms with van der Waals surface area (Å²) in [7, 11) is 1.58. The van der Waals surface area contributed by atoms with Crippen molar-refractivity contribution in [2.45, 2.75) is 25.4 Å². The minimum Gasteiger partial charge on any atom is -0.357 e. The highest BCUT2D eigenvalue weighted by atomic mass is 16.2. The first-order valence-electron chi connectivity index (χ1n) is 6.74. The van der Waals surface area contributed by atoms with Gasteiger partial charge in [0.05, 0.1) is 0 Å². The van der Waals surface area contributed by atoms with E-state index in [4.69, 9.17) is 5.73 Å². The van der Waals surface area contributed by atoms with E-state index >= 15 is 0 Å². The molecule has 1 aromatic rings. The van der Waals surface area contributed by atoms with E-state index in [1.165, 1.54) is 0 Å². The lowest BCUT2D eigenvalue weighted by molar-refractivity contribution is -0.124. The summed E-state index contributed by atoms with van der Waals surface area (Å²) in [4.78, 5) is 25.6. The van der Waals surface area contributed by atoms with Gasteiger partial charge in [-0.3, -0.25) is 4.79 Å². The van der Waals surface area contributed by atoms with Crippen molar-refractivity contribution in [1.82, 2.24) is 10.2 Å². The predicted octanol–water partition coefficient (Wildman–Crippen LogP) is 0.888. The predicted molar refractivity (Wildman–Crippen MR) is 77.1 cm³/mol. The van der Waals surface area contributed by atoms with Gasteiger partial charge in [0.25, 0.3) is 0 Å². The van der Waals surface area contributed by atoms with E-state index in [9.17, 15) is 9.59 Å². The van der Waals surface area contributed by atoms with Gasteiger partial charge in [0.1, 0.15) is 6.04 Å². The van der Waals surface area contributed by atoms with E-state index in [0.29, 0.717) is 25.2 Å². The number of hydrogen-bond acceptors (Lipinski definition) is 3. The smallest absolute Gasteiger partial charge is 0.322 e. The van der Waals surface area contributed by atoms with Crippen molar-refractivity contribution in [3.8, 4) is 0 Å². The van der Waals surface area contributed by atoms with Crippen molar-refractivity contribution < 1.29 is 9.59 Å². The van der Waals surface area contributed by atoms with E-state index < -0.39 is 0 Å². The van der Waals surface area contributed by atoms with Crippen molar-refractivity contribution in [3.05, 3.63) is 29.8 Å². The third-order valence-electron chi connectivity index (χ3n) is 3.48. The number of nitrogens with zero attached hydrogens (tertiary/aromatic N) is 1. The molecule has 1 aromatic carbocycles. The molecule has 108 valence electrons. The monoisotopic (exact) mass is 276 g/mol. The molecule has 4 N–H and O–H groups in total. The van der Waals surface area contributed by atoms with Gasteiger partial charge in [-0.25, -0.2) is 4.79 Å². The molecule has 1 heterocycles. The van der Waals surface area contributed by atoms with Gasteiger partial charge in [-0.2, -0.15) is 0 Å². The zero-order valence-corrected chi connectivity index (χ0v) is 11.6. The fourth-order valence-corrected chi connectivity index (χ4v) is 2.42. The lowest BCUT2D eigenvalue weighted by Crippen LogP contribution is -2.46.